The second kappa shape index (κ2) is 5.06. The molecule has 0 spiro atoms. The molecule has 0 radical (unpaired) electrons. The minimum Gasteiger partial charge on any atom is -0.335 e. The van der Waals surface area contributed by atoms with E-state index in [9.17, 15) is 4.79 Å². The molecule has 1 aliphatic heterocycles. The molecule has 1 fully saturated rings. The highest BCUT2D eigenvalue weighted by molar-refractivity contribution is 6.33. The van der Waals surface area contributed by atoms with Crippen molar-refractivity contribution in [2.24, 2.45) is 0 Å². The van der Waals surface area contributed by atoms with E-state index in [1.807, 2.05) is 11.8 Å². The molecule has 0 N–H and O–H groups in total. The van der Waals surface area contributed by atoms with Crippen LogP contribution >= 0.6 is 11.6 Å². The van der Waals surface area contributed by atoms with Gasteiger partial charge in [0.05, 0.1) is 5.02 Å². The van der Waals surface area contributed by atoms with Crippen LogP contribution in [0.2, 0.25) is 5.02 Å². The molecule has 2 rings (SSSR count). The number of aryl methyl sites for hydroxylation is 1. The fourth-order valence-electron chi connectivity index (χ4n) is 1.86. The molecule has 0 aromatic carbocycles. The van der Waals surface area contributed by atoms with Crippen LogP contribution in [0.4, 0.5) is 0 Å². The van der Waals surface area contributed by atoms with Crippen molar-refractivity contribution in [1.29, 1.82) is 0 Å². The van der Waals surface area contributed by atoms with Crippen molar-refractivity contribution in [1.82, 2.24) is 19.6 Å². The number of amides is 1. The highest BCUT2D eigenvalue weighted by atomic mass is 35.5. The Kier molecular flexibility index (Phi) is 3.69. The average Bonchev–Trinajstić information content (AvgIpc) is 2.71. The number of hydrogen-bond acceptors (Lipinski definition) is 3. The van der Waals surface area contributed by atoms with Gasteiger partial charge in [-0.25, -0.2) is 0 Å². The summed E-state index contributed by atoms with van der Waals surface area (Å²) in [5.74, 6) is -0.0599. The van der Waals surface area contributed by atoms with Crippen LogP contribution in [0.15, 0.2) is 6.20 Å². The Morgan fingerprint density at radius 3 is 2.59 bits per heavy atom. The van der Waals surface area contributed by atoms with Crippen molar-refractivity contribution in [3.63, 3.8) is 0 Å². The number of likely N-dealkylation sites (N-methyl/N-ethyl adjacent to an activating group) is 1. The molecule has 2 heterocycles. The second-order valence-electron chi connectivity index (χ2n) is 4.28. The van der Waals surface area contributed by atoms with E-state index in [-0.39, 0.29) is 5.91 Å². The Morgan fingerprint density at radius 1 is 1.41 bits per heavy atom. The van der Waals surface area contributed by atoms with Gasteiger partial charge in [-0.15, -0.1) is 0 Å². The van der Waals surface area contributed by atoms with Crippen LogP contribution in [0.5, 0.6) is 0 Å². The van der Waals surface area contributed by atoms with Gasteiger partial charge in [-0.1, -0.05) is 11.6 Å². The number of nitrogens with zero attached hydrogens (tertiary/aromatic N) is 4. The summed E-state index contributed by atoms with van der Waals surface area (Å²) in [7, 11) is 2.06. The lowest BCUT2D eigenvalue weighted by molar-refractivity contribution is 0.0657. The van der Waals surface area contributed by atoms with E-state index in [1.54, 1.807) is 10.9 Å². The number of halogens is 1. The average molecular weight is 257 g/mol. The zero-order chi connectivity index (χ0) is 12.4. The molecular weight excluding hydrogens is 240 g/mol. The van der Waals surface area contributed by atoms with Crippen LogP contribution in [-0.2, 0) is 6.54 Å². The molecule has 17 heavy (non-hydrogen) atoms. The number of carbonyl (C=O) groups excluding carboxylic acids is 1. The van der Waals surface area contributed by atoms with Gasteiger partial charge in [0.25, 0.3) is 5.91 Å². The molecule has 1 aromatic heterocycles. The van der Waals surface area contributed by atoms with Crippen LogP contribution in [0.3, 0.4) is 0 Å². The Balaban J connectivity index is 2.11. The van der Waals surface area contributed by atoms with Gasteiger partial charge in [-0.05, 0) is 14.0 Å². The largest absolute Gasteiger partial charge is 0.335 e. The first-order valence-electron chi connectivity index (χ1n) is 5.82. The lowest BCUT2D eigenvalue weighted by Crippen LogP contribution is -2.47. The molecule has 0 atom stereocenters. The normalized spacial score (nSPS) is 17.5. The first kappa shape index (κ1) is 12.4. The van der Waals surface area contributed by atoms with Gasteiger partial charge in [0.2, 0.25) is 0 Å². The summed E-state index contributed by atoms with van der Waals surface area (Å²) in [5.41, 5.74) is 0.373. The molecule has 94 valence electrons. The van der Waals surface area contributed by atoms with Crippen LogP contribution in [-0.4, -0.2) is 58.7 Å². The van der Waals surface area contributed by atoms with E-state index in [2.05, 4.69) is 17.0 Å². The maximum Gasteiger partial charge on any atom is 0.276 e. The first-order valence-corrected chi connectivity index (χ1v) is 6.20. The van der Waals surface area contributed by atoms with Crippen molar-refractivity contribution in [2.75, 3.05) is 33.2 Å². The molecule has 1 amide bonds. The maximum atomic E-state index is 12.2. The summed E-state index contributed by atoms with van der Waals surface area (Å²) < 4.78 is 1.69. The van der Waals surface area contributed by atoms with Gasteiger partial charge < -0.3 is 9.80 Å². The van der Waals surface area contributed by atoms with Crippen LogP contribution in [0, 0.1) is 0 Å². The summed E-state index contributed by atoms with van der Waals surface area (Å²) in [6, 6.07) is 0. The minimum absolute atomic E-state index is 0.0599. The summed E-state index contributed by atoms with van der Waals surface area (Å²) in [5, 5.41) is 4.64. The number of aromatic nitrogens is 2. The van der Waals surface area contributed by atoms with Gasteiger partial charge in [0.15, 0.2) is 5.69 Å². The quantitative estimate of drug-likeness (QED) is 0.791. The second-order valence-corrected chi connectivity index (χ2v) is 4.68. The Labute approximate surface area is 106 Å². The van der Waals surface area contributed by atoms with E-state index in [1.165, 1.54) is 0 Å². The lowest BCUT2D eigenvalue weighted by atomic mass is 10.3. The van der Waals surface area contributed by atoms with E-state index in [4.69, 9.17) is 11.6 Å². The summed E-state index contributed by atoms with van der Waals surface area (Å²) in [6.07, 6.45) is 1.70. The van der Waals surface area contributed by atoms with Gasteiger partial charge in [-0.2, -0.15) is 5.10 Å². The topological polar surface area (TPSA) is 41.4 Å². The zero-order valence-corrected chi connectivity index (χ0v) is 10.9. The molecule has 0 bridgehead atoms. The number of piperazine rings is 1. The predicted octanol–water partition coefficient (Wildman–Crippen LogP) is 0.944. The van der Waals surface area contributed by atoms with Gasteiger partial charge in [0, 0.05) is 38.9 Å². The van der Waals surface area contributed by atoms with Gasteiger partial charge >= 0.3 is 0 Å². The fourth-order valence-corrected chi connectivity index (χ4v) is 2.09. The van der Waals surface area contributed by atoms with Crippen LogP contribution in [0.25, 0.3) is 0 Å². The fraction of sp³-hybridized carbons (Fsp3) is 0.636. The number of rotatable bonds is 2. The smallest absolute Gasteiger partial charge is 0.276 e. The molecule has 6 heteroatoms. The van der Waals surface area contributed by atoms with Crippen molar-refractivity contribution in [2.45, 2.75) is 13.5 Å². The Hall–Kier alpha value is -1.07. The highest BCUT2D eigenvalue weighted by Gasteiger charge is 2.24. The Bertz CT molecular complexity index is 410. The van der Waals surface area contributed by atoms with E-state index in [0.717, 1.165) is 32.7 Å². The minimum atomic E-state index is -0.0599. The van der Waals surface area contributed by atoms with Crippen LogP contribution in [0.1, 0.15) is 17.4 Å². The van der Waals surface area contributed by atoms with Crippen LogP contribution < -0.4 is 0 Å². The standard InChI is InChI=1S/C11H17ClN4O/c1-3-16-8-9(12)10(13-16)11(17)15-6-4-14(2)5-7-15/h8H,3-7H2,1-2H3. The van der Waals surface area contributed by atoms with E-state index < -0.39 is 0 Å². The predicted molar refractivity (Wildman–Crippen MR) is 66.3 cm³/mol. The molecule has 1 saturated heterocycles. The zero-order valence-electron chi connectivity index (χ0n) is 10.2. The monoisotopic (exact) mass is 256 g/mol. The number of hydrogen-bond donors (Lipinski definition) is 0. The maximum absolute atomic E-state index is 12.2. The summed E-state index contributed by atoms with van der Waals surface area (Å²) in [6.45, 7) is 5.97. The van der Waals surface area contributed by atoms with Gasteiger partial charge in [0.1, 0.15) is 0 Å². The third-order valence-electron chi connectivity index (χ3n) is 3.03. The molecule has 1 aromatic rings. The summed E-state index contributed by atoms with van der Waals surface area (Å²) >= 11 is 6.03. The molecule has 0 saturated carbocycles. The highest BCUT2D eigenvalue weighted by Crippen LogP contribution is 2.16. The van der Waals surface area contributed by atoms with E-state index in [0.29, 0.717) is 10.7 Å². The lowest BCUT2D eigenvalue weighted by Gasteiger charge is -2.31. The third kappa shape index (κ3) is 2.61. The molecule has 0 aliphatic carbocycles. The molecule has 0 unspecified atom stereocenters. The molecular formula is C11H17ClN4O. The molecule has 5 nitrogen and oxygen atoms in total. The SMILES string of the molecule is CCn1cc(Cl)c(C(=O)N2CCN(C)CC2)n1. The van der Waals surface area contributed by atoms with Gasteiger partial charge in [-0.3, -0.25) is 9.48 Å². The van der Waals surface area contributed by atoms with Crippen molar-refractivity contribution >= 4 is 17.5 Å². The van der Waals surface area contributed by atoms with E-state index >= 15 is 0 Å². The van der Waals surface area contributed by atoms with Crippen molar-refractivity contribution in [3.8, 4) is 0 Å². The summed E-state index contributed by atoms with van der Waals surface area (Å²) in [4.78, 5) is 16.2. The first-order chi connectivity index (χ1) is 8.11. The Morgan fingerprint density at radius 2 is 2.06 bits per heavy atom. The third-order valence-corrected chi connectivity index (χ3v) is 3.31. The van der Waals surface area contributed by atoms with Crippen molar-refractivity contribution in [3.05, 3.63) is 16.9 Å². The van der Waals surface area contributed by atoms with Crippen molar-refractivity contribution < 1.29 is 4.79 Å². The number of carbonyl (C=O) groups is 1. The molecule has 1 aliphatic rings.